The molecule has 1 aromatic heterocycles. The van der Waals surface area contributed by atoms with E-state index >= 15 is 0 Å². The topological polar surface area (TPSA) is 79.5 Å². The van der Waals surface area contributed by atoms with Crippen LogP contribution in [-0.2, 0) is 9.59 Å². The summed E-state index contributed by atoms with van der Waals surface area (Å²) in [5.74, 6) is -0.246. The number of aliphatic carboxylic acids is 1. The highest BCUT2D eigenvalue weighted by Gasteiger charge is 2.17. The van der Waals surface area contributed by atoms with Gasteiger partial charge in [0.05, 0.1) is 6.26 Å². The molecule has 6 heteroatoms. The third-order valence-corrected chi connectivity index (χ3v) is 2.81. The summed E-state index contributed by atoms with van der Waals surface area (Å²) < 4.78 is 5.01. The molecule has 0 aliphatic carbocycles. The molecule has 1 heterocycles. The molecular formula is C12H15NO4S. The first-order chi connectivity index (χ1) is 8.63. The standard InChI is InChI=1S/C12H15NO4S/c1-18-8-6-10(12(15)16)13-11(14)5-4-9-3-2-7-17-9/h2-5,7,10H,6,8H2,1H3,(H,13,14)(H,15,16). The Kier molecular flexibility index (Phi) is 6.07. The van der Waals surface area contributed by atoms with Crippen molar-refractivity contribution in [2.24, 2.45) is 0 Å². The Morgan fingerprint density at radius 3 is 2.94 bits per heavy atom. The number of amides is 1. The number of hydrogen-bond donors (Lipinski definition) is 2. The van der Waals surface area contributed by atoms with E-state index in [-0.39, 0.29) is 0 Å². The Morgan fingerprint density at radius 2 is 2.39 bits per heavy atom. The summed E-state index contributed by atoms with van der Waals surface area (Å²) in [5, 5.41) is 11.4. The quantitative estimate of drug-likeness (QED) is 0.735. The molecule has 1 atom stereocenters. The van der Waals surface area contributed by atoms with Gasteiger partial charge in [-0.15, -0.1) is 0 Å². The molecule has 0 aliphatic heterocycles. The zero-order valence-electron chi connectivity index (χ0n) is 9.96. The summed E-state index contributed by atoms with van der Waals surface area (Å²) in [5.41, 5.74) is 0. The smallest absolute Gasteiger partial charge is 0.326 e. The monoisotopic (exact) mass is 269 g/mol. The molecule has 0 aliphatic rings. The van der Waals surface area contributed by atoms with E-state index in [1.54, 1.807) is 12.1 Å². The van der Waals surface area contributed by atoms with Crippen molar-refractivity contribution >= 4 is 29.7 Å². The number of rotatable bonds is 7. The van der Waals surface area contributed by atoms with E-state index in [0.717, 1.165) is 0 Å². The summed E-state index contributed by atoms with van der Waals surface area (Å²) in [6.07, 6.45) is 6.53. The van der Waals surface area contributed by atoms with Crippen molar-refractivity contribution in [3.05, 3.63) is 30.2 Å². The first kappa shape index (κ1) is 14.4. The molecule has 1 rings (SSSR count). The number of hydrogen-bond acceptors (Lipinski definition) is 4. The molecule has 5 nitrogen and oxygen atoms in total. The molecule has 1 aromatic rings. The van der Waals surface area contributed by atoms with Gasteiger partial charge in [0.2, 0.25) is 5.91 Å². The molecule has 0 saturated carbocycles. The van der Waals surface area contributed by atoms with E-state index in [4.69, 9.17) is 9.52 Å². The highest BCUT2D eigenvalue weighted by molar-refractivity contribution is 7.98. The van der Waals surface area contributed by atoms with Gasteiger partial charge in [0.15, 0.2) is 0 Å². The fourth-order valence-corrected chi connectivity index (χ4v) is 1.73. The summed E-state index contributed by atoms with van der Waals surface area (Å²) in [6.45, 7) is 0. The number of carbonyl (C=O) groups excluding carboxylic acids is 1. The Hall–Kier alpha value is -1.69. The van der Waals surface area contributed by atoms with Crippen LogP contribution in [0.3, 0.4) is 0 Å². The molecule has 0 spiro atoms. The minimum atomic E-state index is -1.02. The predicted octanol–water partition coefficient (Wildman–Crippen LogP) is 1.62. The van der Waals surface area contributed by atoms with Crippen LogP contribution in [0.4, 0.5) is 0 Å². The first-order valence-electron chi connectivity index (χ1n) is 5.37. The van der Waals surface area contributed by atoms with Crippen LogP contribution in [0, 0.1) is 0 Å². The van der Waals surface area contributed by atoms with Gasteiger partial charge in [0.1, 0.15) is 11.8 Å². The fraction of sp³-hybridized carbons (Fsp3) is 0.333. The van der Waals surface area contributed by atoms with Gasteiger partial charge in [-0.3, -0.25) is 4.79 Å². The maximum absolute atomic E-state index is 11.5. The van der Waals surface area contributed by atoms with Crippen molar-refractivity contribution in [1.82, 2.24) is 5.32 Å². The van der Waals surface area contributed by atoms with E-state index < -0.39 is 17.9 Å². The SMILES string of the molecule is CSCCC(NC(=O)C=Cc1ccco1)C(=O)O. The highest BCUT2D eigenvalue weighted by Crippen LogP contribution is 2.03. The molecule has 0 fully saturated rings. The molecule has 0 aromatic carbocycles. The summed E-state index contributed by atoms with van der Waals surface area (Å²) in [6, 6.07) is 2.55. The summed E-state index contributed by atoms with van der Waals surface area (Å²) in [7, 11) is 0. The second-order valence-electron chi connectivity index (χ2n) is 3.53. The largest absolute Gasteiger partial charge is 0.480 e. The van der Waals surface area contributed by atoms with Gasteiger partial charge in [0.25, 0.3) is 0 Å². The lowest BCUT2D eigenvalue weighted by molar-refractivity contribution is -0.141. The van der Waals surface area contributed by atoms with Crippen molar-refractivity contribution in [2.45, 2.75) is 12.5 Å². The van der Waals surface area contributed by atoms with Crippen LogP contribution in [0.2, 0.25) is 0 Å². The normalized spacial score (nSPS) is 12.5. The van der Waals surface area contributed by atoms with Crippen LogP contribution in [0.5, 0.6) is 0 Å². The molecule has 0 radical (unpaired) electrons. The first-order valence-corrected chi connectivity index (χ1v) is 6.76. The van der Waals surface area contributed by atoms with Crippen molar-refractivity contribution in [1.29, 1.82) is 0 Å². The van der Waals surface area contributed by atoms with E-state index in [2.05, 4.69) is 5.32 Å². The van der Waals surface area contributed by atoms with Crippen molar-refractivity contribution in [3.8, 4) is 0 Å². The lowest BCUT2D eigenvalue weighted by Crippen LogP contribution is -2.40. The number of carbonyl (C=O) groups is 2. The van der Waals surface area contributed by atoms with Gasteiger partial charge >= 0.3 is 5.97 Å². The zero-order chi connectivity index (χ0) is 13.4. The second kappa shape index (κ2) is 7.60. The Bertz CT molecular complexity index is 414. The highest BCUT2D eigenvalue weighted by atomic mass is 32.2. The molecule has 0 saturated heterocycles. The van der Waals surface area contributed by atoms with E-state index in [1.807, 2.05) is 6.26 Å². The lowest BCUT2D eigenvalue weighted by Gasteiger charge is -2.12. The maximum atomic E-state index is 11.5. The van der Waals surface area contributed by atoms with Gasteiger partial charge in [-0.05, 0) is 36.6 Å². The molecule has 1 amide bonds. The molecule has 0 bridgehead atoms. The number of carboxylic acid groups (broad SMARTS) is 1. The van der Waals surface area contributed by atoms with Crippen LogP contribution < -0.4 is 5.32 Å². The maximum Gasteiger partial charge on any atom is 0.326 e. The van der Waals surface area contributed by atoms with Crippen LogP contribution >= 0.6 is 11.8 Å². The molecular weight excluding hydrogens is 254 g/mol. The Balaban J connectivity index is 2.48. The minimum Gasteiger partial charge on any atom is -0.480 e. The van der Waals surface area contributed by atoms with Crippen LogP contribution in [0.15, 0.2) is 28.9 Å². The van der Waals surface area contributed by atoms with Gasteiger partial charge in [-0.25, -0.2) is 4.79 Å². The third-order valence-electron chi connectivity index (χ3n) is 2.17. The van der Waals surface area contributed by atoms with Crippen molar-refractivity contribution in [3.63, 3.8) is 0 Å². The van der Waals surface area contributed by atoms with Crippen LogP contribution in [0.1, 0.15) is 12.2 Å². The summed E-state index contributed by atoms with van der Waals surface area (Å²) >= 11 is 1.54. The molecule has 98 valence electrons. The fourth-order valence-electron chi connectivity index (χ4n) is 1.26. The van der Waals surface area contributed by atoms with Crippen LogP contribution in [-0.4, -0.2) is 35.0 Å². The average Bonchev–Trinajstić information content (AvgIpc) is 2.84. The molecule has 18 heavy (non-hydrogen) atoms. The van der Waals surface area contributed by atoms with E-state index in [9.17, 15) is 9.59 Å². The third kappa shape index (κ3) is 5.09. The average molecular weight is 269 g/mol. The molecule has 2 N–H and O–H groups in total. The van der Waals surface area contributed by atoms with Crippen molar-refractivity contribution < 1.29 is 19.1 Å². The Morgan fingerprint density at radius 1 is 1.61 bits per heavy atom. The van der Waals surface area contributed by atoms with Gasteiger partial charge < -0.3 is 14.8 Å². The van der Waals surface area contributed by atoms with Crippen LogP contribution in [0.25, 0.3) is 6.08 Å². The second-order valence-corrected chi connectivity index (χ2v) is 4.52. The molecule has 1 unspecified atom stereocenters. The number of thioether (sulfide) groups is 1. The summed E-state index contributed by atoms with van der Waals surface area (Å²) in [4.78, 5) is 22.4. The number of furan rings is 1. The van der Waals surface area contributed by atoms with Crippen molar-refractivity contribution in [2.75, 3.05) is 12.0 Å². The van der Waals surface area contributed by atoms with E-state index in [0.29, 0.717) is 17.9 Å². The number of carboxylic acids is 1. The van der Waals surface area contributed by atoms with Gasteiger partial charge in [0, 0.05) is 6.08 Å². The Labute approximate surface area is 109 Å². The van der Waals surface area contributed by atoms with Gasteiger partial charge in [-0.2, -0.15) is 11.8 Å². The van der Waals surface area contributed by atoms with Gasteiger partial charge in [-0.1, -0.05) is 0 Å². The predicted molar refractivity (Wildman–Crippen MR) is 70.3 cm³/mol. The zero-order valence-corrected chi connectivity index (χ0v) is 10.8. The van der Waals surface area contributed by atoms with E-state index in [1.165, 1.54) is 30.2 Å². The lowest BCUT2D eigenvalue weighted by atomic mass is 10.2. The number of nitrogens with one attached hydrogen (secondary N) is 1. The minimum absolute atomic E-state index is 0.400.